The summed E-state index contributed by atoms with van der Waals surface area (Å²) >= 11 is 0. The second-order valence-electron chi connectivity index (χ2n) is 3.19. The number of benzene rings is 1. The highest BCUT2D eigenvalue weighted by molar-refractivity contribution is 5.33. The van der Waals surface area contributed by atoms with Gasteiger partial charge in [0, 0.05) is 18.5 Å². The molecule has 1 aromatic carbocycles. The predicted octanol–water partition coefficient (Wildman–Crippen LogP) is 2.20. The van der Waals surface area contributed by atoms with Gasteiger partial charge in [-0.1, -0.05) is 25.1 Å². The average Bonchev–Trinajstić information content (AvgIpc) is 2.28. The largest absolute Gasteiger partial charge is 0.492 e. The van der Waals surface area contributed by atoms with Crippen molar-refractivity contribution in [3.8, 4) is 18.1 Å². The smallest absolute Gasteiger partial charge is 0.123 e. The lowest BCUT2D eigenvalue weighted by molar-refractivity contribution is 0.323. The molecule has 0 fully saturated rings. The number of terminal acetylenes is 1. The van der Waals surface area contributed by atoms with E-state index in [2.05, 4.69) is 24.2 Å². The van der Waals surface area contributed by atoms with Crippen LogP contribution in [0.3, 0.4) is 0 Å². The number of para-hydroxylation sites is 1. The normalized spacial score (nSPS) is 9.60. The van der Waals surface area contributed by atoms with Crippen molar-refractivity contribution in [2.75, 3.05) is 13.2 Å². The molecule has 1 aromatic rings. The molecule has 0 radical (unpaired) electrons. The van der Waals surface area contributed by atoms with Crippen LogP contribution in [0.4, 0.5) is 0 Å². The highest BCUT2D eigenvalue weighted by atomic mass is 16.5. The summed E-state index contributed by atoms with van der Waals surface area (Å²) in [5.41, 5.74) is 1.18. The van der Waals surface area contributed by atoms with Crippen LogP contribution in [0.2, 0.25) is 0 Å². The quantitative estimate of drug-likeness (QED) is 0.565. The van der Waals surface area contributed by atoms with Gasteiger partial charge < -0.3 is 10.1 Å². The van der Waals surface area contributed by atoms with Crippen LogP contribution in [0.25, 0.3) is 0 Å². The van der Waals surface area contributed by atoms with Gasteiger partial charge in [-0.2, -0.15) is 0 Å². The summed E-state index contributed by atoms with van der Waals surface area (Å²) in [4.78, 5) is 0. The van der Waals surface area contributed by atoms with Crippen LogP contribution in [0, 0.1) is 12.3 Å². The molecule has 0 atom stereocenters. The van der Waals surface area contributed by atoms with Crippen LogP contribution < -0.4 is 10.1 Å². The molecule has 0 unspecified atom stereocenters. The zero-order valence-electron chi connectivity index (χ0n) is 9.12. The van der Waals surface area contributed by atoms with Crippen LogP contribution >= 0.6 is 0 Å². The molecule has 2 heteroatoms. The Morgan fingerprint density at radius 3 is 2.93 bits per heavy atom. The summed E-state index contributed by atoms with van der Waals surface area (Å²) in [6, 6.07) is 8.03. The van der Waals surface area contributed by atoms with Crippen LogP contribution in [0.5, 0.6) is 5.75 Å². The molecule has 0 bridgehead atoms. The molecule has 0 aromatic heterocycles. The van der Waals surface area contributed by atoms with Gasteiger partial charge in [0.1, 0.15) is 5.75 Å². The first-order valence-electron chi connectivity index (χ1n) is 5.23. The van der Waals surface area contributed by atoms with Gasteiger partial charge in [-0.25, -0.2) is 0 Å². The Morgan fingerprint density at radius 2 is 2.20 bits per heavy atom. The lowest BCUT2D eigenvalue weighted by Gasteiger charge is -2.10. The Hall–Kier alpha value is -1.46. The molecule has 1 rings (SSSR count). The fourth-order valence-electron chi connectivity index (χ4n) is 1.27. The molecule has 15 heavy (non-hydrogen) atoms. The Balaban J connectivity index is 2.56. The first kappa shape index (κ1) is 11.6. The van der Waals surface area contributed by atoms with Gasteiger partial charge in [0.25, 0.3) is 0 Å². The fraction of sp³-hybridized carbons (Fsp3) is 0.385. The molecular weight excluding hydrogens is 186 g/mol. The van der Waals surface area contributed by atoms with Crippen molar-refractivity contribution in [1.29, 1.82) is 0 Å². The van der Waals surface area contributed by atoms with Gasteiger partial charge in [-0.3, -0.25) is 0 Å². The summed E-state index contributed by atoms with van der Waals surface area (Å²) in [5, 5.41) is 3.28. The molecule has 0 saturated carbocycles. The van der Waals surface area contributed by atoms with E-state index in [0.29, 0.717) is 13.0 Å². The second kappa shape index (κ2) is 6.92. The van der Waals surface area contributed by atoms with E-state index in [4.69, 9.17) is 11.2 Å². The molecule has 0 aliphatic rings. The zero-order chi connectivity index (χ0) is 10.9. The van der Waals surface area contributed by atoms with Crippen molar-refractivity contribution in [3.63, 3.8) is 0 Å². The minimum Gasteiger partial charge on any atom is -0.492 e. The summed E-state index contributed by atoms with van der Waals surface area (Å²) in [5.74, 6) is 3.48. The van der Waals surface area contributed by atoms with Gasteiger partial charge in [0.15, 0.2) is 0 Å². The number of rotatable bonds is 6. The Morgan fingerprint density at radius 1 is 1.40 bits per heavy atom. The molecule has 0 aliphatic carbocycles. The van der Waals surface area contributed by atoms with Gasteiger partial charge in [-0.05, 0) is 12.6 Å². The van der Waals surface area contributed by atoms with E-state index in [1.807, 2.05) is 18.2 Å². The van der Waals surface area contributed by atoms with Crippen LogP contribution in [0.1, 0.15) is 18.9 Å². The Kier molecular flexibility index (Phi) is 5.35. The van der Waals surface area contributed by atoms with E-state index in [1.165, 1.54) is 5.56 Å². The molecule has 0 saturated heterocycles. The lowest BCUT2D eigenvalue weighted by atomic mass is 10.2. The highest BCUT2D eigenvalue weighted by Crippen LogP contribution is 2.17. The third kappa shape index (κ3) is 4.05. The standard InChI is InChI=1S/C13H17NO/c1-3-5-10-15-13-9-7-6-8-12(13)11-14-4-2/h1,6-9,14H,4-5,10-11H2,2H3. The van der Waals surface area contributed by atoms with Crippen LogP contribution in [0.15, 0.2) is 24.3 Å². The summed E-state index contributed by atoms with van der Waals surface area (Å²) in [6.45, 7) is 4.46. The molecule has 0 spiro atoms. The number of ether oxygens (including phenoxy) is 1. The molecule has 0 amide bonds. The van der Waals surface area contributed by atoms with Gasteiger partial charge in [0.05, 0.1) is 6.61 Å². The molecule has 0 aliphatic heterocycles. The topological polar surface area (TPSA) is 21.3 Å². The van der Waals surface area contributed by atoms with Crippen LogP contribution in [-0.2, 0) is 6.54 Å². The van der Waals surface area contributed by atoms with E-state index in [1.54, 1.807) is 0 Å². The van der Waals surface area contributed by atoms with Crippen molar-refractivity contribution in [3.05, 3.63) is 29.8 Å². The predicted molar refractivity (Wildman–Crippen MR) is 62.8 cm³/mol. The maximum atomic E-state index is 5.59. The zero-order valence-corrected chi connectivity index (χ0v) is 9.12. The third-order valence-electron chi connectivity index (χ3n) is 2.04. The van der Waals surface area contributed by atoms with Crippen molar-refractivity contribution in [2.45, 2.75) is 19.9 Å². The first-order valence-corrected chi connectivity index (χ1v) is 5.23. The van der Waals surface area contributed by atoms with Crippen molar-refractivity contribution >= 4 is 0 Å². The van der Waals surface area contributed by atoms with Crippen molar-refractivity contribution in [1.82, 2.24) is 5.32 Å². The minimum atomic E-state index is 0.583. The summed E-state index contributed by atoms with van der Waals surface area (Å²) in [6.07, 6.45) is 5.82. The average molecular weight is 203 g/mol. The fourth-order valence-corrected chi connectivity index (χ4v) is 1.27. The van der Waals surface area contributed by atoms with Crippen LogP contribution in [-0.4, -0.2) is 13.2 Å². The maximum absolute atomic E-state index is 5.59. The highest BCUT2D eigenvalue weighted by Gasteiger charge is 2.00. The minimum absolute atomic E-state index is 0.583. The second-order valence-corrected chi connectivity index (χ2v) is 3.19. The van der Waals surface area contributed by atoms with Crippen molar-refractivity contribution < 1.29 is 4.74 Å². The van der Waals surface area contributed by atoms with E-state index in [0.717, 1.165) is 18.8 Å². The van der Waals surface area contributed by atoms with Gasteiger partial charge in [-0.15, -0.1) is 12.3 Å². The lowest BCUT2D eigenvalue weighted by Crippen LogP contribution is -2.13. The number of nitrogens with one attached hydrogen (secondary N) is 1. The van der Waals surface area contributed by atoms with E-state index in [9.17, 15) is 0 Å². The molecule has 0 heterocycles. The number of hydrogen-bond acceptors (Lipinski definition) is 2. The molecular formula is C13H17NO. The molecule has 80 valence electrons. The van der Waals surface area contributed by atoms with Gasteiger partial charge >= 0.3 is 0 Å². The van der Waals surface area contributed by atoms with E-state index < -0.39 is 0 Å². The monoisotopic (exact) mass is 203 g/mol. The Bertz CT molecular complexity index is 328. The van der Waals surface area contributed by atoms with E-state index in [-0.39, 0.29) is 0 Å². The number of hydrogen-bond donors (Lipinski definition) is 1. The van der Waals surface area contributed by atoms with Gasteiger partial charge in [0.2, 0.25) is 0 Å². The van der Waals surface area contributed by atoms with E-state index >= 15 is 0 Å². The Labute approximate surface area is 91.6 Å². The molecule has 1 N–H and O–H groups in total. The SMILES string of the molecule is C#CCCOc1ccccc1CNCC. The molecule has 2 nitrogen and oxygen atoms in total. The maximum Gasteiger partial charge on any atom is 0.123 e. The van der Waals surface area contributed by atoms with Crippen molar-refractivity contribution in [2.24, 2.45) is 0 Å². The summed E-state index contributed by atoms with van der Waals surface area (Å²) < 4.78 is 5.59. The summed E-state index contributed by atoms with van der Waals surface area (Å²) in [7, 11) is 0. The third-order valence-corrected chi connectivity index (χ3v) is 2.04. The first-order chi connectivity index (χ1) is 7.38.